The molecule has 1 aliphatic carbocycles. The Hall–Kier alpha value is -1.63. The van der Waals surface area contributed by atoms with Crippen LogP contribution in [0.2, 0.25) is 0 Å². The number of aliphatic hydroxyl groups is 1. The summed E-state index contributed by atoms with van der Waals surface area (Å²) < 4.78 is 11.4. The molecule has 2 aliphatic rings. The number of piperidine rings is 1. The summed E-state index contributed by atoms with van der Waals surface area (Å²) in [6.45, 7) is 2.75. The van der Waals surface area contributed by atoms with E-state index in [1.54, 1.807) is 0 Å². The van der Waals surface area contributed by atoms with Gasteiger partial charge in [-0.1, -0.05) is 18.2 Å². The van der Waals surface area contributed by atoms with Gasteiger partial charge in [-0.25, -0.2) is 0 Å². The van der Waals surface area contributed by atoms with Gasteiger partial charge in [0.1, 0.15) is 5.75 Å². The molecular weight excluding hydrogens is 320 g/mol. The van der Waals surface area contributed by atoms with Gasteiger partial charge in [-0.05, 0) is 25.0 Å². The van der Waals surface area contributed by atoms with Crippen molar-refractivity contribution in [2.45, 2.75) is 37.9 Å². The van der Waals surface area contributed by atoms with Gasteiger partial charge in [0.15, 0.2) is 0 Å². The van der Waals surface area contributed by atoms with Crippen molar-refractivity contribution in [2.24, 2.45) is 11.1 Å². The monoisotopic (exact) mass is 348 g/mol. The standard InChI is InChI=1S/C19H28N2O4/c20-9-13-25-17-14-16(22)19(17)7-10-21(11-8-19)18(23)6-12-24-15-4-2-1-3-5-15/h1-5,16-17,22H,6-14,20H2/t16-,17+/m0/s1. The van der Waals surface area contributed by atoms with Crippen LogP contribution in [0, 0.1) is 5.41 Å². The third kappa shape index (κ3) is 3.97. The summed E-state index contributed by atoms with van der Waals surface area (Å²) in [7, 11) is 0. The Kier molecular flexibility index (Phi) is 5.93. The van der Waals surface area contributed by atoms with E-state index in [1.165, 1.54) is 0 Å². The summed E-state index contributed by atoms with van der Waals surface area (Å²) in [5.41, 5.74) is 5.32. The molecule has 1 saturated carbocycles. The first-order valence-corrected chi connectivity index (χ1v) is 9.11. The smallest absolute Gasteiger partial charge is 0.225 e. The second-order valence-electron chi connectivity index (χ2n) is 6.93. The van der Waals surface area contributed by atoms with Crippen LogP contribution >= 0.6 is 0 Å². The molecule has 6 nitrogen and oxygen atoms in total. The normalized spacial score (nSPS) is 24.8. The minimum atomic E-state index is -0.325. The van der Waals surface area contributed by atoms with Gasteiger partial charge < -0.3 is 25.2 Å². The van der Waals surface area contributed by atoms with Crippen molar-refractivity contribution < 1.29 is 19.4 Å². The minimum Gasteiger partial charge on any atom is -0.493 e. The second kappa shape index (κ2) is 8.17. The maximum Gasteiger partial charge on any atom is 0.225 e. The molecule has 0 bridgehead atoms. The SMILES string of the molecule is NCCO[C@@H]1C[C@H](O)C12CCN(C(=O)CCOc1ccccc1)CC2. The number of nitrogens with zero attached hydrogens (tertiary/aromatic N) is 1. The van der Waals surface area contributed by atoms with E-state index in [1.807, 2.05) is 35.2 Å². The largest absolute Gasteiger partial charge is 0.493 e. The molecule has 2 atom stereocenters. The molecule has 0 aromatic heterocycles. The molecule has 1 aliphatic heterocycles. The molecule has 1 heterocycles. The van der Waals surface area contributed by atoms with Crippen LogP contribution in [0.4, 0.5) is 0 Å². The van der Waals surface area contributed by atoms with Gasteiger partial charge in [0.25, 0.3) is 0 Å². The fraction of sp³-hybridized carbons (Fsp3) is 0.632. The van der Waals surface area contributed by atoms with Crippen molar-refractivity contribution in [3.8, 4) is 5.75 Å². The third-order valence-electron chi connectivity index (χ3n) is 5.55. The Labute approximate surface area is 148 Å². The number of amides is 1. The van der Waals surface area contributed by atoms with E-state index in [2.05, 4.69) is 0 Å². The van der Waals surface area contributed by atoms with Crippen LogP contribution in [-0.4, -0.2) is 61.0 Å². The maximum absolute atomic E-state index is 12.4. The first kappa shape index (κ1) is 18.2. The van der Waals surface area contributed by atoms with Gasteiger partial charge in [-0.3, -0.25) is 4.79 Å². The van der Waals surface area contributed by atoms with Gasteiger partial charge in [0.05, 0.1) is 31.8 Å². The van der Waals surface area contributed by atoms with Crippen molar-refractivity contribution in [3.05, 3.63) is 30.3 Å². The average Bonchev–Trinajstić information content (AvgIpc) is 2.66. The lowest BCUT2D eigenvalue weighted by Gasteiger charge is -2.56. The number of rotatable bonds is 7. The number of para-hydroxylation sites is 1. The van der Waals surface area contributed by atoms with Gasteiger partial charge in [-0.2, -0.15) is 0 Å². The number of ether oxygens (including phenoxy) is 2. The number of likely N-dealkylation sites (tertiary alicyclic amines) is 1. The van der Waals surface area contributed by atoms with Gasteiger partial charge >= 0.3 is 0 Å². The first-order chi connectivity index (χ1) is 12.2. The minimum absolute atomic E-state index is 0.0738. The zero-order valence-corrected chi connectivity index (χ0v) is 14.6. The predicted molar refractivity (Wildman–Crippen MR) is 94.2 cm³/mol. The molecule has 138 valence electrons. The molecule has 6 heteroatoms. The molecular formula is C19H28N2O4. The number of hydrogen-bond acceptors (Lipinski definition) is 5. The Morgan fingerprint density at radius 1 is 1.24 bits per heavy atom. The molecule has 3 N–H and O–H groups in total. The van der Waals surface area contributed by atoms with Crippen LogP contribution in [0.1, 0.15) is 25.7 Å². The third-order valence-corrected chi connectivity index (χ3v) is 5.55. The van der Waals surface area contributed by atoms with Crippen LogP contribution in [0.3, 0.4) is 0 Å². The highest BCUT2D eigenvalue weighted by atomic mass is 16.5. The van der Waals surface area contributed by atoms with E-state index >= 15 is 0 Å². The molecule has 1 amide bonds. The highest BCUT2D eigenvalue weighted by Gasteiger charge is 2.56. The van der Waals surface area contributed by atoms with Gasteiger partial charge in [0.2, 0.25) is 5.91 Å². The number of benzene rings is 1. The van der Waals surface area contributed by atoms with E-state index < -0.39 is 0 Å². The molecule has 2 fully saturated rings. The van der Waals surface area contributed by atoms with Crippen molar-refractivity contribution in [2.75, 3.05) is 32.8 Å². The Balaban J connectivity index is 1.43. The first-order valence-electron chi connectivity index (χ1n) is 9.11. The Bertz CT molecular complexity index is 558. The molecule has 1 aromatic carbocycles. The molecule has 3 rings (SSSR count). The van der Waals surface area contributed by atoms with Crippen LogP contribution in [-0.2, 0) is 9.53 Å². The molecule has 1 saturated heterocycles. The van der Waals surface area contributed by atoms with Crippen LogP contribution < -0.4 is 10.5 Å². The Morgan fingerprint density at radius 3 is 2.60 bits per heavy atom. The molecule has 1 aromatic rings. The Morgan fingerprint density at radius 2 is 1.96 bits per heavy atom. The lowest BCUT2D eigenvalue weighted by atomic mass is 9.58. The summed E-state index contributed by atoms with van der Waals surface area (Å²) in [6.07, 6.45) is 2.37. The molecule has 0 unspecified atom stereocenters. The predicted octanol–water partition coefficient (Wildman–Crippen LogP) is 1.17. The van der Waals surface area contributed by atoms with Gasteiger partial charge in [0, 0.05) is 31.5 Å². The molecule has 25 heavy (non-hydrogen) atoms. The zero-order valence-electron chi connectivity index (χ0n) is 14.6. The number of hydrogen-bond donors (Lipinski definition) is 2. The zero-order chi connectivity index (χ0) is 17.7. The average molecular weight is 348 g/mol. The fourth-order valence-corrected chi connectivity index (χ4v) is 3.93. The van der Waals surface area contributed by atoms with E-state index in [0.29, 0.717) is 45.7 Å². The summed E-state index contributed by atoms with van der Waals surface area (Å²) in [5.74, 6) is 0.893. The van der Waals surface area contributed by atoms with E-state index in [-0.39, 0.29) is 23.5 Å². The molecule has 1 spiro atoms. The van der Waals surface area contributed by atoms with Crippen molar-refractivity contribution >= 4 is 5.91 Å². The lowest BCUT2D eigenvalue weighted by molar-refractivity contribution is -0.210. The molecule has 0 radical (unpaired) electrons. The maximum atomic E-state index is 12.4. The highest BCUT2D eigenvalue weighted by molar-refractivity contribution is 5.76. The van der Waals surface area contributed by atoms with Crippen molar-refractivity contribution in [1.29, 1.82) is 0 Å². The second-order valence-corrected chi connectivity index (χ2v) is 6.93. The summed E-state index contributed by atoms with van der Waals surface area (Å²) in [6, 6.07) is 9.52. The van der Waals surface area contributed by atoms with E-state index in [4.69, 9.17) is 15.2 Å². The van der Waals surface area contributed by atoms with Crippen LogP contribution in [0.25, 0.3) is 0 Å². The fourth-order valence-electron chi connectivity index (χ4n) is 3.93. The van der Waals surface area contributed by atoms with Crippen molar-refractivity contribution in [3.63, 3.8) is 0 Å². The van der Waals surface area contributed by atoms with Gasteiger partial charge in [-0.15, -0.1) is 0 Å². The number of aliphatic hydroxyl groups excluding tert-OH is 1. The van der Waals surface area contributed by atoms with E-state index in [0.717, 1.165) is 18.6 Å². The van der Waals surface area contributed by atoms with Crippen LogP contribution in [0.5, 0.6) is 5.75 Å². The number of carbonyl (C=O) groups is 1. The quantitative estimate of drug-likeness (QED) is 0.773. The summed E-state index contributed by atoms with van der Waals surface area (Å²) in [5, 5.41) is 10.3. The van der Waals surface area contributed by atoms with E-state index in [9.17, 15) is 9.90 Å². The topological polar surface area (TPSA) is 85.0 Å². The summed E-state index contributed by atoms with van der Waals surface area (Å²) in [4.78, 5) is 14.3. The highest BCUT2D eigenvalue weighted by Crippen LogP contribution is 2.50. The lowest BCUT2D eigenvalue weighted by Crippen LogP contribution is -2.63. The summed E-state index contributed by atoms with van der Waals surface area (Å²) >= 11 is 0. The number of carbonyl (C=O) groups excluding carboxylic acids is 1. The number of nitrogens with two attached hydrogens (primary N) is 1. The van der Waals surface area contributed by atoms with Crippen molar-refractivity contribution in [1.82, 2.24) is 4.90 Å². The van der Waals surface area contributed by atoms with Crippen LogP contribution in [0.15, 0.2) is 30.3 Å².